The summed E-state index contributed by atoms with van der Waals surface area (Å²) in [6, 6.07) is 7.91. The molecule has 2 nitrogen and oxygen atoms in total. The summed E-state index contributed by atoms with van der Waals surface area (Å²) in [5.41, 5.74) is 6.92. The maximum Gasteiger partial charge on any atom is 0.0655 e. The summed E-state index contributed by atoms with van der Waals surface area (Å²) in [5.74, 6) is 0. The fourth-order valence-corrected chi connectivity index (χ4v) is 1.43. The van der Waals surface area contributed by atoms with E-state index in [1.807, 2.05) is 24.3 Å². The van der Waals surface area contributed by atoms with Crippen molar-refractivity contribution in [1.82, 2.24) is 0 Å². The van der Waals surface area contributed by atoms with Gasteiger partial charge in [0.25, 0.3) is 0 Å². The lowest BCUT2D eigenvalue weighted by molar-refractivity contribution is 0.181. The SMILES string of the molecule is COCC(N)c1cccc(Br)c1. The monoisotopic (exact) mass is 229 g/mol. The molecule has 12 heavy (non-hydrogen) atoms. The van der Waals surface area contributed by atoms with Crippen molar-refractivity contribution in [2.24, 2.45) is 5.73 Å². The number of ether oxygens (including phenoxy) is 1. The van der Waals surface area contributed by atoms with Crippen molar-refractivity contribution in [3.63, 3.8) is 0 Å². The van der Waals surface area contributed by atoms with Crippen LogP contribution in [-0.4, -0.2) is 13.7 Å². The third kappa shape index (κ3) is 2.59. The minimum atomic E-state index is -0.0347. The van der Waals surface area contributed by atoms with Gasteiger partial charge in [0.05, 0.1) is 12.6 Å². The molecule has 2 N–H and O–H groups in total. The molecule has 0 aliphatic carbocycles. The average molecular weight is 230 g/mol. The standard InChI is InChI=1S/C9H12BrNO/c1-12-6-9(11)7-3-2-4-8(10)5-7/h2-5,9H,6,11H2,1H3. The van der Waals surface area contributed by atoms with Crippen LogP contribution in [0.25, 0.3) is 0 Å². The number of hydrogen-bond acceptors (Lipinski definition) is 2. The molecule has 1 aromatic rings. The molecule has 1 atom stereocenters. The van der Waals surface area contributed by atoms with Gasteiger partial charge < -0.3 is 10.5 Å². The predicted molar refractivity (Wildman–Crippen MR) is 52.9 cm³/mol. The van der Waals surface area contributed by atoms with Gasteiger partial charge in [0.2, 0.25) is 0 Å². The Labute approximate surface area is 80.8 Å². The van der Waals surface area contributed by atoms with E-state index < -0.39 is 0 Å². The molecule has 66 valence electrons. The van der Waals surface area contributed by atoms with Gasteiger partial charge in [-0.15, -0.1) is 0 Å². The summed E-state index contributed by atoms with van der Waals surface area (Å²) < 4.78 is 6.01. The summed E-state index contributed by atoms with van der Waals surface area (Å²) in [6.45, 7) is 0.552. The highest BCUT2D eigenvalue weighted by Gasteiger charge is 2.04. The van der Waals surface area contributed by atoms with Crippen molar-refractivity contribution in [2.45, 2.75) is 6.04 Å². The van der Waals surface area contributed by atoms with Gasteiger partial charge in [0.15, 0.2) is 0 Å². The molecule has 0 saturated heterocycles. The minimum absolute atomic E-state index is 0.0347. The minimum Gasteiger partial charge on any atom is -0.383 e. The first-order valence-electron chi connectivity index (χ1n) is 3.74. The Morgan fingerprint density at radius 3 is 2.92 bits per heavy atom. The zero-order valence-electron chi connectivity index (χ0n) is 6.96. The molecular weight excluding hydrogens is 218 g/mol. The zero-order valence-corrected chi connectivity index (χ0v) is 8.54. The normalized spacial score (nSPS) is 12.9. The fourth-order valence-electron chi connectivity index (χ4n) is 1.01. The van der Waals surface area contributed by atoms with Crippen molar-refractivity contribution < 1.29 is 4.74 Å². The molecule has 0 aliphatic rings. The molecule has 0 heterocycles. The van der Waals surface area contributed by atoms with Crippen LogP contribution >= 0.6 is 15.9 Å². The lowest BCUT2D eigenvalue weighted by atomic mass is 10.1. The summed E-state index contributed by atoms with van der Waals surface area (Å²) in [6.07, 6.45) is 0. The molecule has 0 amide bonds. The van der Waals surface area contributed by atoms with E-state index in [-0.39, 0.29) is 6.04 Å². The second-order valence-corrected chi connectivity index (χ2v) is 3.53. The lowest BCUT2D eigenvalue weighted by Gasteiger charge is -2.10. The molecule has 1 rings (SSSR count). The maximum atomic E-state index is 5.83. The van der Waals surface area contributed by atoms with Gasteiger partial charge in [0, 0.05) is 11.6 Å². The lowest BCUT2D eigenvalue weighted by Crippen LogP contribution is -2.15. The van der Waals surface area contributed by atoms with Crippen LogP contribution in [0.5, 0.6) is 0 Å². The van der Waals surface area contributed by atoms with Gasteiger partial charge in [-0.25, -0.2) is 0 Å². The Balaban J connectivity index is 2.73. The van der Waals surface area contributed by atoms with E-state index in [2.05, 4.69) is 15.9 Å². The van der Waals surface area contributed by atoms with Crippen molar-refractivity contribution >= 4 is 15.9 Å². The first-order chi connectivity index (χ1) is 5.74. The largest absolute Gasteiger partial charge is 0.383 e. The van der Waals surface area contributed by atoms with Crippen LogP contribution in [0.4, 0.5) is 0 Å². The molecule has 0 radical (unpaired) electrons. The zero-order chi connectivity index (χ0) is 8.97. The number of hydrogen-bond donors (Lipinski definition) is 1. The third-order valence-electron chi connectivity index (χ3n) is 1.62. The van der Waals surface area contributed by atoms with Gasteiger partial charge in [-0.05, 0) is 17.7 Å². The first kappa shape index (κ1) is 9.71. The van der Waals surface area contributed by atoms with Gasteiger partial charge in [-0.3, -0.25) is 0 Å². The number of halogens is 1. The summed E-state index contributed by atoms with van der Waals surface area (Å²) in [7, 11) is 1.65. The van der Waals surface area contributed by atoms with Crippen molar-refractivity contribution in [3.8, 4) is 0 Å². The van der Waals surface area contributed by atoms with Crippen molar-refractivity contribution in [1.29, 1.82) is 0 Å². The van der Waals surface area contributed by atoms with E-state index in [4.69, 9.17) is 10.5 Å². The second-order valence-electron chi connectivity index (χ2n) is 2.62. The van der Waals surface area contributed by atoms with Crippen molar-refractivity contribution in [3.05, 3.63) is 34.3 Å². The van der Waals surface area contributed by atoms with Gasteiger partial charge in [-0.1, -0.05) is 28.1 Å². The van der Waals surface area contributed by atoms with Crippen molar-refractivity contribution in [2.75, 3.05) is 13.7 Å². The first-order valence-corrected chi connectivity index (χ1v) is 4.53. The van der Waals surface area contributed by atoms with Crippen LogP contribution in [-0.2, 0) is 4.74 Å². The topological polar surface area (TPSA) is 35.2 Å². The smallest absolute Gasteiger partial charge is 0.0655 e. The Morgan fingerprint density at radius 2 is 2.33 bits per heavy atom. The highest BCUT2D eigenvalue weighted by Crippen LogP contribution is 2.16. The molecule has 0 bridgehead atoms. The highest BCUT2D eigenvalue weighted by molar-refractivity contribution is 9.10. The number of rotatable bonds is 3. The van der Waals surface area contributed by atoms with Crippen LogP contribution in [0.3, 0.4) is 0 Å². The van der Waals surface area contributed by atoms with E-state index >= 15 is 0 Å². The Bertz CT molecular complexity index is 252. The summed E-state index contributed by atoms with van der Waals surface area (Å²) in [5, 5.41) is 0. The highest BCUT2D eigenvalue weighted by atomic mass is 79.9. The van der Waals surface area contributed by atoms with Crippen LogP contribution in [0, 0.1) is 0 Å². The predicted octanol–water partition coefficient (Wildman–Crippen LogP) is 2.10. The van der Waals surface area contributed by atoms with Gasteiger partial charge in [0.1, 0.15) is 0 Å². The van der Waals surface area contributed by atoms with E-state index in [1.54, 1.807) is 7.11 Å². The maximum absolute atomic E-state index is 5.83. The Hall–Kier alpha value is -0.380. The van der Waals surface area contributed by atoms with E-state index in [1.165, 1.54) is 0 Å². The number of benzene rings is 1. The molecule has 0 aliphatic heterocycles. The van der Waals surface area contributed by atoms with Gasteiger partial charge >= 0.3 is 0 Å². The molecule has 1 unspecified atom stereocenters. The quantitative estimate of drug-likeness (QED) is 0.862. The van der Waals surface area contributed by atoms with Crippen LogP contribution in [0.1, 0.15) is 11.6 Å². The molecule has 0 spiro atoms. The van der Waals surface area contributed by atoms with E-state index in [0.29, 0.717) is 6.61 Å². The third-order valence-corrected chi connectivity index (χ3v) is 2.12. The average Bonchev–Trinajstić information content (AvgIpc) is 2.05. The molecule has 0 aromatic heterocycles. The number of nitrogens with two attached hydrogens (primary N) is 1. The molecule has 0 fully saturated rings. The van der Waals surface area contributed by atoms with Crippen LogP contribution in [0.15, 0.2) is 28.7 Å². The molecule has 3 heteroatoms. The Kier molecular flexibility index (Phi) is 3.72. The molecule has 0 saturated carbocycles. The summed E-state index contributed by atoms with van der Waals surface area (Å²) >= 11 is 3.39. The number of methoxy groups -OCH3 is 1. The fraction of sp³-hybridized carbons (Fsp3) is 0.333. The second kappa shape index (κ2) is 4.60. The molecular formula is C9H12BrNO. The van der Waals surface area contributed by atoms with Crippen LogP contribution in [0.2, 0.25) is 0 Å². The molecule has 1 aromatic carbocycles. The Morgan fingerprint density at radius 1 is 1.58 bits per heavy atom. The van der Waals surface area contributed by atoms with Gasteiger partial charge in [-0.2, -0.15) is 0 Å². The summed E-state index contributed by atoms with van der Waals surface area (Å²) in [4.78, 5) is 0. The van der Waals surface area contributed by atoms with Crippen LogP contribution < -0.4 is 5.73 Å². The van der Waals surface area contributed by atoms with E-state index in [9.17, 15) is 0 Å². The van der Waals surface area contributed by atoms with E-state index in [0.717, 1.165) is 10.0 Å².